The smallest absolute Gasteiger partial charge is 0.255 e. The van der Waals surface area contributed by atoms with Crippen LogP contribution < -0.4 is 10.6 Å². The highest BCUT2D eigenvalue weighted by molar-refractivity contribution is 8.13. The van der Waals surface area contributed by atoms with Crippen LogP contribution in [0.25, 0.3) is 0 Å². The molecule has 0 radical (unpaired) electrons. The molecule has 2 aliphatic heterocycles. The van der Waals surface area contributed by atoms with E-state index in [9.17, 15) is 4.79 Å². The number of anilines is 1. The summed E-state index contributed by atoms with van der Waals surface area (Å²) in [5.74, 6) is 0.877. The molecule has 0 aromatic heterocycles. The van der Waals surface area contributed by atoms with Crippen molar-refractivity contribution < 1.29 is 4.79 Å². The van der Waals surface area contributed by atoms with E-state index in [-0.39, 0.29) is 18.1 Å². The predicted molar refractivity (Wildman–Crippen MR) is 77.8 cm³/mol. The number of fused-ring (bicyclic) bond motifs is 3. The van der Waals surface area contributed by atoms with Crippen molar-refractivity contribution in [1.82, 2.24) is 10.3 Å². The second-order valence-corrected chi connectivity index (χ2v) is 5.77. The molecule has 0 spiro atoms. The van der Waals surface area contributed by atoms with E-state index in [4.69, 9.17) is 0 Å². The molecule has 1 amide bonds. The Kier molecular flexibility index (Phi) is 3.10. The molecular weight excluding hydrogens is 260 g/mol. The van der Waals surface area contributed by atoms with Crippen molar-refractivity contribution in [2.45, 2.75) is 26.1 Å². The second kappa shape index (κ2) is 4.77. The molecule has 3 rings (SSSR count). The average Bonchev–Trinajstić information content (AvgIpc) is 2.39. The zero-order valence-electron chi connectivity index (χ0n) is 10.9. The van der Waals surface area contributed by atoms with Crippen LogP contribution in [0.5, 0.6) is 0 Å². The van der Waals surface area contributed by atoms with Crippen molar-refractivity contribution in [1.29, 1.82) is 0 Å². The molecule has 1 aromatic rings. The standard InChI is InChI=1S/C13H16N4OS/c1-3-19-13-15-12(18)11-9-6-4-5-7-10(9)14-8(2)17(11)16-13/h4-8,11,14H,3H2,1-2H3,(H,15,16,18)/t8-,11-/m0/s1. The molecule has 0 saturated carbocycles. The number of hydrazone groups is 1. The molecule has 0 aliphatic carbocycles. The van der Waals surface area contributed by atoms with Crippen LogP contribution in [0.4, 0.5) is 5.69 Å². The van der Waals surface area contributed by atoms with Crippen LogP contribution in [0.15, 0.2) is 29.4 Å². The molecule has 6 heteroatoms. The Balaban J connectivity index is 2.02. The second-order valence-electron chi connectivity index (χ2n) is 4.52. The third kappa shape index (κ3) is 2.06. The van der Waals surface area contributed by atoms with Gasteiger partial charge in [0.15, 0.2) is 11.2 Å². The minimum Gasteiger partial charge on any atom is -0.364 e. The van der Waals surface area contributed by atoms with Crippen molar-refractivity contribution in [3.8, 4) is 0 Å². The number of amidine groups is 1. The van der Waals surface area contributed by atoms with Crippen molar-refractivity contribution in [2.75, 3.05) is 11.1 Å². The lowest BCUT2D eigenvalue weighted by Crippen LogP contribution is -2.53. The molecule has 1 aromatic carbocycles. The molecule has 2 heterocycles. The maximum atomic E-state index is 12.3. The number of carbonyl (C=O) groups is 1. The zero-order chi connectivity index (χ0) is 13.4. The number of nitrogens with one attached hydrogen (secondary N) is 2. The minimum atomic E-state index is -0.339. The third-order valence-electron chi connectivity index (χ3n) is 3.25. The first kappa shape index (κ1) is 12.3. The lowest BCUT2D eigenvalue weighted by molar-refractivity contribution is -0.127. The molecule has 0 saturated heterocycles. The topological polar surface area (TPSA) is 56.7 Å². The molecule has 19 heavy (non-hydrogen) atoms. The first-order valence-corrected chi connectivity index (χ1v) is 7.35. The van der Waals surface area contributed by atoms with Crippen molar-refractivity contribution in [3.05, 3.63) is 29.8 Å². The molecule has 2 aliphatic rings. The van der Waals surface area contributed by atoms with Crippen molar-refractivity contribution in [2.24, 2.45) is 5.10 Å². The van der Waals surface area contributed by atoms with Gasteiger partial charge in [-0.05, 0) is 18.7 Å². The summed E-state index contributed by atoms with van der Waals surface area (Å²) in [4.78, 5) is 12.3. The lowest BCUT2D eigenvalue weighted by Gasteiger charge is -2.42. The number of thioether (sulfide) groups is 1. The first-order valence-electron chi connectivity index (χ1n) is 6.36. The molecule has 2 atom stereocenters. The number of carbonyl (C=O) groups excluding carboxylic acids is 1. The summed E-state index contributed by atoms with van der Waals surface area (Å²) in [6, 6.07) is 7.54. The molecule has 2 N–H and O–H groups in total. The number of hydrogen-bond donors (Lipinski definition) is 2. The largest absolute Gasteiger partial charge is 0.364 e. The minimum absolute atomic E-state index is 0.00148. The van der Waals surface area contributed by atoms with E-state index >= 15 is 0 Å². The molecule has 100 valence electrons. The summed E-state index contributed by atoms with van der Waals surface area (Å²) >= 11 is 1.54. The van der Waals surface area contributed by atoms with E-state index in [0.29, 0.717) is 5.17 Å². The van der Waals surface area contributed by atoms with Gasteiger partial charge in [0.25, 0.3) is 5.91 Å². The van der Waals surface area contributed by atoms with Crippen LogP contribution >= 0.6 is 11.8 Å². The quantitative estimate of drug-likeness (QED) is 0.823. The van der Waals surface area contributed by atoms with Crippen LogP contribution in [0.3, 0.4) is 0 Å². The Hall–Kier alpha value is -1.69. The lowest BCUT2D eigenvalue weighted by atomic mass is 10.00. The summed E-state index contributed by atoms with van der Waals surface area (Å²) in [6.45, 7) is 4.05. The fourth-order valence-electron chi connectivity index (χ4n) is 2.44. The Morgan fingerprint density at radius 2 is 2.21 bits per heavy atom. The number of rotatable bonds is 1. The van der Waals surface area contributed by atoms with E-state index in [1.54, 1.807) is 11.8 Å². The fraction of sp³-hybridized carbons (Fsp3) is 0.385. The van der Waals surface area contributed by atoms with Gasteiger partial charge in [0.2, 0.25) is 0 Å². The van der Waals surface area contributed by atoms with Gasteiger partial charge in [-0.15, -0.1) is 5.10 Å². The van der Waals surface area contributed by atoms with Gasteiger partial charge in [0.05, 0.1) is 0 Å². The summed E-state index contributed by atoms with van der Waals surface area (Å²) < 4.78 is 0. The maximum Gasteiger partial charge on any atom is 0.255 e. The normalized spacial score (nSPS) is 24.8. The van der Waals surface area contributed by atoms with Crippen LogP contribution in [0.2, 0.25) is 0 Å². The number of hydrogen-bond acceptors (Lipinski definition) is 5. The van der Waals surface area contributed by atoms with E-state index in [2.05, 4.69) is 15.7 Å². The Bertz CT molecular complexity index is 545. The predicted octanol–water partition coefficient (Wildman–Crippen LogP) is 1.96. The van der Waals surface area contributed by atoms with Crippen LogP contribution in [0, 0.1) is 0 Å². The Morgan fingerprint density at radius 3 is 3.00 bits per heavy atom. The monoisotopic (exact) mass is 276 g/mol. The van der Waals surface area contributed by atoms with Gasteiger partial charge < -0.3 is 10.6 Å². The maximum absolute atomic E-state index is 12.3. The van der Waals surface area contributed by atoms with Gasteiger partial charge in [-0.25, -0.2) is 0 Å². The highest BCUT2D eigenvalue weighted by Crippen LogP contribution is 2.36. The van der Waals surface area contributed by atoms with Gasteiger partial charge in [0.1, 0.15) is 6.17 Å². The van der Waals surface area contributed by atoms with Gasteiger partial charge >= 0.3 is 0 Å². The molecule has 0 fully saturated rings. The summed E-state index contributed by atoms with van der Waals surface area (Å²) in [7, 11) is 0. The zero-order valence-corrected chi connectivity index (χ0v) is 11.7. The summed E-state index contributed by atoms with van der Waals surface area (Å²) in [5.41, 5.74) is 1.98. The molecule has 5 nitrogen and oxygen atoms in total. The van der Waals surface area contributed by atoms with E-state index < -0.39 is 0 Å². The van der Waals surface area contributed by atoms with Gasteiger partial charge in [0, 0.05) is 11.3 Å². The van der Waals surface area contributed by atoms with Crippen molar-refractivity contribution >= 4 is 28.5 Å². The van der Waals surface area contributed by atoms with Gasteiger partial charge in [-0.1, -0.05) is 36.9 Å². The molecular formula is C13H16N4OS. The van der Waals surface area contributed by atoms with Gasteiger partial charge in [-0.3, -0.25) is 9.80 Å². The number of nitrogens with zero attached hydrogens (tertiary/aromatic N) is 2. The van der Waals surface area contributed by atoms with E-state index in [1.807, 2.05) is 43.1 Å². The fourth-order valence-corrected chi connectivity index (χ4v) is 3.03. The molecule has 0 unspecified atom stereocenters. The number of benzene rings is 1. The summed E-state index contributed by atoms with van der Waals surface area (Å²) in [6.07, 6.45) is -0.00148. The van der Waals surface area contributed by atoms with E-state index in [1.165, 1.54) is 0 Å². The highest BCUT2D eigenvalue weighted by atomic mass is 32.2. The SMILES string of the molecule is CCSC1=NN2[C@H](C(=O)N1)c1ccccc1N[C@@H]2C. The Morgan fingerprint density at radius 1 is 1.42 bits per heavy atom. The Labute approximate surface area is 116 Å². The van der Waals surface area contributed by atoms with Crippen molar-refractivity contribution in [3.63, 3.8) is 0 Å². The van der Waals surface area contributed by atoms with Crippen LogP contribution in [-0.2, 0) is 4.79 Å². The summed E-state index contributed by atoms with van der Waals surface area (Å²) in [5, 5.41) is 13.3. The van der Waals surface area contributed by atoms with Crippen LogP contribution in [-0.4, -0.2) is 28.0 Å². The third-order valence-corrected chi connectivity index (χ3v) is 3.99. The highest BCUT2D eigenvalue weighted by Gasteiger charge is 2.39. The average molecular weight is 276 g/mol. The van der Waals surface area contributed by atoms with E-state index in [0.717, 1.165) is 17.0 Å². The number of para-hydroxylation sites is 1. The molecule has 0 bridgehead atoms. The number of amides is 1. The first-order chi connectivity index (χ1) is 9.20. The van der Waals surface area contributed by atoms with Crippen LogP contribution in [0.1, 0.15) is 25.5 Å². The van der Waals surface area contributed by atoms with Gasteiger partial charge in [-0.2, -0.15) is 0 Å².